The molecule has 3 nitrogen and oxygen atoms in total. The van der Waals surface area contributed by atoms with E-state index in [-0.39, 0.29) is 0 Å². The number of aryl methyl sites for hydroxylation is 1. The van der Waals surface area contributed by atoms with Crippen LogP contribution in [0.1, 0.15) is 71.3 Å². The maximum Gasteiger partial charge on any atom is 0.159 e. The van der Waals surface area contributed by atoms with E-state index >= 15 is 0 Å². The van der Waals surface area contributed by atoms with Gasteiger partial charge in [0.1, 0.15) is 5.75 Å². The van der Waals surface area contributed by atoms with Crippen molar-refractivity contribution in [1.82, 2.24) is 9.97 Å². The predicted molar refractivity (Wildman–Crippen MR) is 109 cm³/mol. The van der Waals surface area contributed by atoms with Crippen molar-refractivity contribution in [1.29, 1.82) is 0 Å². The maximum atomic E-state index is 5.83. The number of hydrogen-bond acceptors (Lipinski definition) is 3. The standard InChI is InChI=1S/C23H34N2O/c1-4-6-7-8-11-20-17-24-23(25-18-20)21-12-14-22(15-13-21)26-16-9-10-19(3)5-2/h12-15,17-19H,4-11,16H2,1-3H3/t19-/m0/s1. The van der Waals surface area contributed by atoms with E-state index in [0.717, 1.165) is 42.5 Å². The fraction of sp³-hybridized carbons (Fsp3) is 0.565. The van der Waals surface area contributed by atoms with Crippen molar-refractivity contribution < 1.29 is 4.74 Å². The molecule has 0 aliphatic heterocycles. The zero-order chi connectivity index (χ0) is 18.6. The first-order chi connectivity index (χ1) is 12.7. The number of rotatable bonds is 12. The minimum Gasteiger partial charge on any atom is -0.494 e. The molecule has 0 N–H and O–H groups in total. The van der Waals surface area contributed by atoms with Gasteiger partial charge in [0.15, 0.2) is 5.82 Å². The van der Waals surface area contributed by atoms with E-state index in [1.807, 2.05) is 36.7 Å². The Morgan fingerprint density at radius 1 is 0.923 bits per heavy atom. The molecular weight excluding hydrogens is 320 g/mol. The average molecular weight is 355 g/mol. The largest absolute Gasteiger partial charge is 0.494 e. The molecule has 0 unspecified atom stereocenters. The Morgan fingerprint density at radius 3 is 2.31 bits per heavy atom. The van der Waals surface area contributed by atoms with E-state index in [9.17, 15) is 0 Å². The first-order valence-corrected chi connectivity index (χ1v) is 10.3. The van der Waals surface area contributed by atoms with Crippen LogP contribution >= 0.6 is 0 Å². The van der Waals surface area contributed by atoms with Gasteiger partial charge in [-0.05, 0) is 61.4 Å². The zero-order valence-corrected chi connectivity index (χ0v) is 16.7. The zero-order valence-electron chi connectivity index (χ0n) is 16.7. The fourth-order valence-electron chi connectivity index (χ4n) is 2.92. The number of ether oxygens (including phenoxy) is 1. The van der Waals surface area contributed by atoms with Gasteiger partial charge in [0.25, 0.3) is 0 Å². The quantitative estimate of drug-likeness (QED) is 0.410. The van der Waals surface area contributed by atoms with Crippen molar-refractivity contribution >= 4 is 0 Å². The van der Waals surface area contributed by atoms with Crippen LogP contribution in [-0.2, 0) is 6.42 Å². The van der Waals surface area contributed by atoms with Crippen molar-refractivity contribution in [2.75, 3.05) is 6.61 Å². The smallest absolute Gasteiger partial charge is 0.159 e. The average Bonchev–Trinajstić information content (AvgIpc) is 2.69. The molecule has 0 aliphatic carbocycles. The summed E-state index contributed by atoms with van der Waals surface area (Å²) in [5, 5.41) is 0. The van der Waals surface area contributed by atoms with Crippen LogP contribution in [0, 0.1) is 5.92 Å². The van der Waals surface area contributed by atoms with Crippen LogP contribution < -0.4 is 4.74 Å². The molecule has 0 spiro atoms. The molecule has 0 fully saturated rings. The summed E-state index contributed by atoms with van der Waals surface area (Å²) in [6.45, 7) is 7.56. The number of unbranched alkanes of at least 4 members (excludes halogenated alkanes) is 3. The number of benzene rings is 1. The molecule has 0 saturated heterocycles. The van der Waals surface area contributed by atoms with Gasteiger partial charge in [0.2, 0.25) is 0 Å². The molecule has 0 saturated carbocycles. The Labute approximate surface area is 159 Å². The summed E-state index contributed by atoms with van der Waals surface area (Å²) in [4.78, 5) is 9.06. The molecule has 0 aliphatic rings. The third kappa shape index (κ3) is 7.15. The van der Waals surface area contributed by atoms with E-state index in [4.69, 9.17) is 4.74 Å². The first kappa shape index (κ1) is 20.4. The minimum atomic E-state index is 0.783. The number of hydrogen-bond donors (Lipinski definition) is 0. The van der Waals surface area contributed by atoms with Crippen LogP contribution in [0.2, 0.25) is 0 Å². The monoisotopic (exact) mass is 354 g/mol. The molecule has 1 atom stereocenters. The summed E-state index contributed by atoms with van der Waals surface area (Å²) in [5.41, 5.74) is 2.26. The van der Waals surface area contributed by atoms with Gasteiger partial charge in [-0.2, -0.15) is 0 Å². The van der Waals surface area contributed by atoms with E-state index in [1.165, 1.54) is 44.1 Å². The summed E-state index contributed by atoms with van der Waals surface area (Å²) in [6.07, 6.45) is 13.7. The van der Waals surface area contributed by atoms with Crippen LogP contribution in [0.5, 0.6) is 5.75 Å². The van der Waals surface area contributed by atoms with Crippen LogP contribution in [-0.4, -0.2) is 16.6 Å². The molecule has 0 bridgehead atoms. The topological polar surface area (TPSA) is 35.0 Å². The molecular formula is C23H34N2O. The second-order valence-corrected chi connectivity index (χ2v) is 7.25. The fourth-order valence-corrected chi connectivity index (χ4v) is 2.92. The van der Waals surface area contributed by atoms with Crippen LogP contribution in [0.25, 0.3) is 11.4 Å². The maximum absolute atomic E-state index is 5.83. The number of nitrogens with zero attached hydrogens (tertiary/aromatic N) is 2. The first-order valence-electron chi connectivity index (χ1n) is 10.3. The summed E-state index contributed by atoms with van der Waals surface area (Å²) in [5.74, 6) is 2.49. The predicted octanol–water partition coefficient (Wildman–Crippen LogP) is 6.47. The highest BCUT2D eigenvalue weighted by molar-refractivity contribution is 5.55. The molecule has 26 heavy (non-hydrogen) atoms. The van der Waals surface area contributed by atoms with Gasteiger partial charge in [-0.1, -0.05) is 46.5 Å². The second kappa shape index (κ2) is 11.7. The van der Waals surface area contributed by atoms with E-state index < -0.39 is 0 Å². The lowest BCUT2D eigenvalue weighted by atomic mass is 10.0. The Morgan fingerprint density at radius 2 is 1.65 bits per heavy atom. The molecule has 0 radical (unpaired) electrons. The second-order valence-electron chi connectivity index (χ2n) is 7.25. The Bertz CT molecular complexity index is 607. The highest BCUT2D eigenvalue weighted by Crippen LogP contribution is 2.20. The minimum absolute atomic E-state index is 0.783. The van der Waals surface area contributed by atoms with Crippen LogP contribution in [0.4, 0.5) is 0 Å². The lowest BCUT2D eigenvalue weighted by molar-refractivity contribution is 0.294. The van der Waals surface area contributed by atoms with E-state index in [1.54, 1.807) is 0 Å². The Kier molecular flexibility index (Phi) is 9.16. The van der Waals surface area contributed by atoms with Crippen molar-refractivity contribution in [3.63, 3.8) is 0 Å². The van der Waals surface area contributed by atoms with Crippen molar-refractivity contribution in [2.45, 2.75) is 72.1 Å². The van der Waals surface area contributed by atoms with Gasteiger partial charge in [0.05, 0.1) is 6.61 Å². The Balaban J connectivity index is 1.80. The van der Waals surface area contributed by atoms with Crippen LogP contribution in [0.15, 0.2) is 36.7 Å². The number of aromatic nitrogens is 2. The molecule has 2 aromatic rings. The summed E-state index contributed by atoms with van der Waals surface area (Å²) in [6, 6.07) is 8.11. The lowest BCUT2D eigenvalue weighted by Crippen LogP contribution is -2.01. The summed E-state index contributed by atoms with van der Waals surface area (Å²) in [7, 11) is 0. The third-order valence-electron chi connectivity index (χ3n) is 4.94. The van der Waals surface area contributed by atoms with E-state index in [0.29, 0.717) is 0 Å². The summed E-state index contributed by atoms with van der Waals surface area (Å²) < 4.78 is 5.83. The lowest BCUT2D eigenvalue weighted by Gasteiger charge is -2.10. The van der Waals surface area contributed by atoms with E-state index in [2.05, 4.69) is 30.7 Å². The van der Waals surface area contributed by atoms with Gasteiger partial charge < -0.3 is 4.74 Å². The normalized spacial score (nSPS) is 12.1. The molecule has 1 heterocycles. The van der Waals surface area contributed by atoms with Gasteiger partial charge in [-0.25, -0.2) is 9.97 Å². The van der Waals surface area contributed by atoms with Crippen LogP contribution in [0.3, 0.4) is 0 Å². The highest BCUT2D eigenvalue weighted by atomic mass is 16.5. The highest BCUT2D eigenvalue weighted by Gasteiger charge is 2.03. The molecule has 0 amide bonds. The van der Waals surface area contributed by atoms with Crippen molar-refractivity contribution in [3.8, 4) is 17.1 Å². The van der Waals surface area contributed by atoms with Gasteiger partial charge in [0, 0.05) is 18.0 Å². The van der Waals surface area contributed by atoms with Gasteiger partial charge in [-0.15, -0.1) is 0 Å². The SMILES string of the molecule is CCCCCCc1cnc(-c2ccc(OCCC[C@@H](C)CC)cc2)nc1. The molecule has 2 rings (SSSR count). The Hall–Kier alpha value is -1.90. The molecule has 1 aromatic heterocycles. The van der Waals surface area contributed by atoms with Gasteiger partial charge >= 0.3 is 0 Å². The molecule has 1 aromatic carbocycles. The third-order valence-corrected chi connectivity index (χ3v) is 4.94. The summed E-state index contributed by atoms with van der Waals surface area (Å²) >= 11 is 0. The van der Waals surface area contributed by atoms with Crippen molar-refractivity contribution in [3.05, 3.63) is 42.2 Å². The molecule has 3 heteroatoms. The van der Waals surface area contributed by atoms with Crippen molar-refractivity contribution in [2.24, 2.45) is 5.92 Å². The molecule has 142 valence electrons. The van der Waals surface area contributed by atoms with Gasteiger partial charge in [-0.3, -0.25) is 0 Å².